The largest absolute Gasteiger partial charge is 0.441 e. The van der Waals surface area contributed by atoms with Crippen LogP contribution in [0, 0.1) is 6.92 Å². The van der Waals surface area contributed by atoms with Gasteiger partial charge < -0.3 is 15.1 Å². The number of H-pyrrole nitrogens is 1. The van der Waals surface area contributed by atoms with E-state index >= 15 is 0 Å². The van der Waals surface area contributed by atoms with E-state index in [0.29, 0.717) is 12.4 Å². The second-order valence-electron chi connectivity index (χ2n) is 4.55. The van der Waals surface area contributed by atoms with E-state index in [0.717, 1.165) is 41.0 Å². The zero-order chi connectivity index (χ0) is 13.2. The third kappa shape index (κ3) is 2.37. The lowest BCUT2D eigenvalue weighted by Gasteiger charge is -1.97. The zero-order valence-electron chi connectivity index (χ0n) is 10.8. The van der Waals surface area contributed by atoms with Crippen molar-refractivity contribution in [1.82, 2.24) is 15.0 Å². The Morgan fingerprint density at radius 3 is 3.11 bits per heavy atom. The number of nitrogens with two attached hydrogens (primary N) is 1. The number of hydrogen-bond acceptors (Lipinski definition) is 4. The number of hydrogen-bond donors (Lipinski definition) is 2. The van der Waals surface area contributed by atoms with Crippen molar-refractivity contribution in [1.29, 1.82) is 0 Å². The molecule has 0 spiro atoms. The smallest absolute Gasteiger partial charge is 0.192 e. The first-order valence-corrected chi connectivity index (χ1v) is 6.38. The van der Waals surface area contributed by atoms with E-state index in [4.69, 9.17) is 10.2 Å². The van der Waals surface area contributed by atoms with Gasteiger partial charge >= 0.3 is 0 Å². The lowest BCUT2D eigenvalue weighted by molar-refractivity contribution is 0.561. The predicted molar refractivity (Wildman–Crippen MR) is 73.7 cm³/mol. The number of nitrogens with zero attached hydrogens (tertiary/aromatic N) is 2. The summed E-state index contributed by atoms with van der Waals surface area (Å²) in [6.45, 7) is 2.53. The molecule has 19 heavy (non-hydrogen) atoms. The molecule has 3 N–H and O–H groups in total. The number of aryl methyl sites for hydroxylation is 2. The molecule has 5 nitrogen and oxygen atoms in total. The molecule has 0 amide bonds. The fourth-order valence-corrected chi connectivity index (χ4v) is 2.11. The first-order valence-electron chi connectivity index (χ1n) is 6.38. The van der Waals surface area contributed by atoms with Crippen molar-refractivity contribution < 1.29 is 4.42 Å². The van der Waals surface area contributed by atoms with Crippen molar-refractivity contribution in [3.8, 4) is 11.3 Å². The molecule has 0 radical (unpaired) electrons. The minimum absolute atomic E-state index is 0.680. The molecule has 1 aromatic carbocycles. The van der Waals surface area contributed by atoms with Crippen LogP contribution in [0.3, 0.4) is 0 Å². The van der Waals surface area contributed by atoms with Crippen LogP contribution in [0.1, 0.15) is 18.1 Å². The number of benzene rings is 1. The van der Waals surface area contributed by atoms with Crippen molar-refractivity contribution in [3.05, 3.63) is 36.1 Å². The van der Waals surface area contributed by atoms with E-state index in [1.54, 1.807) is 0 Å². The van der Waals surface area contributed by atoms with Gasteiger partial charge in [0, 0.05) is 18.9 Å². The minimum Gasteiger partial charge on any atom is -0.441 e. The van der Waals surface area contributed by atoms with Gasteiger partial charge in [0.25, 0.3) is 0 Å². The van der Waals surface area contributed by atoms with E-state index in [1.807, 2.05) is 31.3 Å². The van der Waals surface area contributed by atoms with Crippen LogP contribution in [0.15, 0.2) is 28.8 Å². The first-order chi connectivity index (χ1) is 9.26. The summed E-state index contributed by atoms with van der Waals surface area (Å²) in [6, 6.07) is 5.96. The summed E-state index contributed by atoms with van der Waals surface area (Å²) >= 11 is 0. The number of aromatic nitrogens is 3. The van der Waals surface area contributed by atoms with Crippen LogP contribution in [-0.4, -0.2) is 21.5 Å². The second-order valence-corrected chi connectivity index (χ2v) is 4.55. The van der Waals surface area contributed by atoms with Crippen LogP contribution >= 0.6 is 0 Å². The molecule has 0 aliphatic heterocycles. The van der Waals surface area contributed by atoms with Crippen molar-refractivity contribution in [2.45, 2.75) is 19.8 Å². The predicted octanol–water partition coefficient (Wildman–Crippen LogP) is 2.42. The zero-order valence-corrected chi connectivity index (χ0v) is 10.8. The summed E-state index contributed by atoms with van der Waals surface area (Å²) in [5.74, 6) is 1.65. The Balaban J connectivity index is 1.92. The summed E-state index contributed by atoms with van der Waals surface area (Å²) in [5, 5.41) is 0. The van der Waals surface area contributed by atoms with Crippen LogP contribution in [0.25, 0.3) is 22.4 Å². The van der Waals surface area contributed by atoms with Gasteiger partial charge in [-0.2, -0.15) is 0 Å². The molecule has 2 heterocycles. The molecule has 2 aromatic heterocycles. The molecule has 0 unspecified atom stereocenters. The van der Waals surface area contributed by atoms with E-state index < -0.39 is 0 Å². The van der Waals surface area contributed by atoms with Gasteiger partial charge in [0.15, 0.2) is 11.5 Å². The Kier molecular flexibility index (Phi) is 3.05. The van der Waals surface area contributed by atoms with Crippen LogP contribution in [-0.2, 0) is 6.42 Å². The summed E-state index contributed by atoms with van der Waals surface area (Å²) in [4.78, 5) is 12.0. The number of nitrogens with one attached hydrogen (secondary N) is 1. The SMILES string of the molecule is Cc1nc2ccc(-c3cnc(CCCN)[nH]3)cc2o1. The molecule has 0 saturated heterocycles. The van der Waals surface area contributed by atoms with Crippen molar-refractivity contribution in [2.75, 3.05) is 6.54 Å². The summed E-state index contributed by atoms with van der Waals surface area (Å²) in [6.07, 6.45) is 3.66. The van der Waals surface area contributed by atoms with Crippen LogP contribution in [0.4, 0.5) is 0 Å². The Hall–Kier alpha value is -2.14. The molecule has 0 fully saturated rings. The highest BCUT2D eigenvalue weighted by Gasteiger charge is 2.07. The van der Waals surface area contributed by atoms with Crippen molar-refractivity contribution >= 4 is 11.1 Å². The number of imidazole rings is 1. The van der Waals surface area contributed by atoms with Gasteiger partial charge in [-0.3, -0.25) is 0 Å². The molecular formula is C14H16N4O. The molecule has 0 aliphatic carbocycles. The summed E-state index contributed by atoms with van der Waals surface area (Å²) in [5.41, 5.74) is 9.22. The molecule has 0 atom stereocenters. The number of fused-ring (bicyclic) bond motifs is 1. The van der Waals surface area contributed by atoms with Gasteiger partial charge in [0.2, 0.25) is 0 Å². The van der Waals surface area contributed by atoms with Gasteiger partial charge in [0.1, 0.15) is 11.3 Å². The average Bonchev–Trinajstić information content (AvgIpc) is 3.00. The lowest BCUT2D eigenvalue weighted by atomic mass is 10.1. The second kappa shape index (κ2) is 4.85. The van der Waals surface area contributed by atoms with Crippen LogP contribution in [0.5, 0.6) is 0 Å². The van der Waals surface area contributed by atoms with Crippen LogP contribution in [0.2, 0.25) is 0 Å². The van der Waals surface area contributed by atoms with Gasteiger partial charge in [-0.1, -0.05) is 6.07 Å². The normalized spacial score (nSPS) is 11.3. The Bertz CT molecular complexity index is 698. The topological polar surface area (TPSA) is 80.7 Å². The number of aromatic amines is 1. The summed E-state index contributed by atoms with van der Waals surface area (Å²) in [7, 11) is 0. The van der Waals surface area contributed by atoms with Crippen LogP contribution < -0.4 is 5.73 Å². The fraction of sp³-hybridized carbons (Fsp3) is 0.286. The molecule has 0 aliphatic rings. The van der Waals surface area contributed by atoms with E-state index in [9.17, 15) is 0 Å². The quantitative estimate of drug-likeness (QED) is 0.751. The lowest BCUT2D eigenvalue weighted by Crippen LogP contribution is -2.01. The fourth-order valence-electron chi connectivity index (χ4n) is 2.11. The maximum absolute atomic E-state index is 5.54. The Morgan fingerprint density at radius 1 is 1.37 bits per heavy atom. The van der Waals surface area contributed by atoms with E-state index in [-0.39, 0.29) is 0 Å². The Labute approximate surface area is 110 Å². The molecule has 0 bridgehead atoms. The van der Waals surface area contributed by atoms with E-state index in [2.05, 4.69) is 15.0 Å². The highest BCUT2D eigenvalue weighted by Crippen LogP contribution is 2.23. The molecule has 0 saturated carbocycles. The third-order valence-corrected chi connectivity index (χ3v) is 3.05. The first kappa shape index (κ1) is 11.9. The summed E-state index contributed by atoms with van der Waals surface area (Å²) < 4.78 is 5.54. The molecule has 5 heteroatoms. The van der Waals surface area contributed by atoms with Gasteiger partial charge in [0.05, 0.1) is 11.9 Å². The van der Waals surface area contributed by atoms with Crippen molar-refractivity contribution in [2.24, 2.45) is 5.73 Å². The van der Waals surface area contributed by atoms with Gasteiger partial charge in [-0.15, -0.1) is 0 Å². The standard InChI is InChI=1S/C14H16N4O/c1-9-17-11-5-4-10(7-13(11)19-9)12-8-16-14(18-12)3-2-6-15/h4-5,7-8H,2-3,6,15H2,1H3,(H,16,18). The maximum Gasteiger partial charge on any atom is 0.192 e. The van der Waals surface area contributed by atoms with Gasteiger partial charge in [-0.05, 0) is 25.1 Å². The third-order valence-electron chi connectivity index (χ3n) is 3.05. The molecule has 3 rings (SSSR count). The highest BCUT2D eigenvalue weighted by molar-refractivity contribution is 5.79. The Morgan fingerprint density at radius 2 is 2.26 bits per heavy atom. The average molecular weight is 256 g/mol. The molecule has 98 valence electrons. The van der Waals surface area contributed by atoms with E-state index in [1.165, 1.54) is 0 Å². The minimum atomic E-state index is 0.680. The van der Waals surface area contributed by atoms with Crippen molar-refractivity contribution in [3.63, 3.8) is 0 Å². The van der Waals surface area contributed by atoms with Gasteiger partial charge in [-0.25, -0.2) is 9.97 Å². The molecule has 3 aromatic rings. The highest BCUT2D eigenvalue weighted by atomic mass is 16.3. The maximum atomic E-state index is 5.54. The number of rotatable bonds is 4. The number of oxazole rings is 1. The molecular weight excluding hydrogens is 240 g/mol. The monoisotopic (exact) mass is 256 g/mol.